The summed E-state index contributed by atoms with van der Waals surface area (Å²) in [5, 5.41) is 41.1. The van der Waals surface area contributed by atoms with Crippen LogP contribution in [-0.4, -0.2) is 111 Å². The van der Waals surface area contributed by atoms with E-state index in [0.29, 0.717) is 9.13 Å². The highest BCUT2D eigenvalue weighted by molar-refractivity contribution is 7.66. The number of aliphatic hydroxyl groups excluding tert-OH is 4. The van der Waals surface area contributed by atoms with Crippen LogP contribution in [0.5, 0.6) is 5.75 Å². The molecule has 0 saturated carbocycles. The summed E-state index contributed by atoms with van der Waals surface area (Å²) >= 11 is 0. The predicted octanol–water partition coefficient (Wildman–Crippen LogP) is -3.99. The Hall–Kier alpha value is -2.67. The highest BCUT2D eigenvalue weighted by Crippen LogP contribution is 2.67. The molecule has 11 atom stereocenters. The van der Waals surface area contributed by atoms with Crippen molar-refractivity contribution in [3.8, 4) is 5.75 Å². The number of methoxy groups -OCH3 is 1. The molecule has 2 aromatic rings. The van der Waals surface area contributed by atoms with Gasteiger partial charge in [-0.05, 0) is 6.92 Å². The third kappa shape index (κ3) is 8.54. The topological polar surface area (TPSA) is 367 Å². The van der Waals surface area contributed by atoms with Crippen molar-refractivity contribution in [1.29, 1.82) is 0 Å². The van der Waals surface area contributed by atoms with E-state index in [2.05, 4.69) is 17.7 Å². The molecule has 0 aliphatic carbocycles. The lowest BCUT2D eigenvalue weighted by Gasteiger charge is -2.21. The molecule has 0 amide bonds. The van der Waals surface area contributed by atoms with Gasteiger partial charge in [0.2, 0.25) is 5.75 Å². The maximum absolute atomic E-state index is 12.3. The van der Waals surface area contributed by atoms with Crippen molar-refractivity contribution in [2.75, 3.05) is 20.3 Å². The van der Waals surface area contributed by atoms with Gasteiger partial charge in [-0.25, -0.2) is 23.3 Å². The third-order valence-electron chi connectivity index (χ3n) is 6.74. The van der Waals surface area contributed by atoms with Crippen LogP contribution < -0.4 is 27.2 Å². The molecular weight excluding hydrogens is 725 g/mol. The average molecular weight is 754 g/mol. The van der Waals surface area contributed by atoms with E-state index in [-0.39, 0.29) is 11.3 Å². The number of phosphoric ester groups is 2. The Labute approximate surface area is 265 Å². The minimum absolute atomic E-state index is 0.0223. The van der Waals surface area contributed by atoms with Gasteiger partial charge >= 0.3 is 34.8 Å². The number of ether oxygens (including phenoxy) is 3. The maximum Gasteiger partial charge on any atom is 0.490 e. The van der Waals surface area contributed by atoms with E-state index >= 15 is 0 Å². The molecule has 2 aromatic heterocycles. The maximum atomic E-state index is 12.3. The quantitative estimate of drug-likeness (QED) is 0.0880. The Morgan fingerprint density at radius 1 is 0.708 bits per heavy atom. The molecule has 28 heteroatoms. The summed E-state index contributed by atoms with van der Waals surface area (Å²) in [7, 11) is -16.4. The van der Waals surface area contributed by atoms with Crippen molar-refractivity contribution in [2.24, 2.45) is 0 Å². The number of H-pyrrole nitrogens is 2. The summed E-state index contributed by atoms with van der Waals surface area (Å²) in [5.74, 6) is -0.386. The number of aromatic amines is 2. The number of phosphoric acid groups is 3. The molecule has 2 saturated heterocycles. The van der Waals surface area contributed by atoms with E-state index in [4.69, 9.17) is 14.2 Å². The molecule has 0 spiro atoms. The average Bonchev–Trinajstić information content (AvgIpc) is 3.41. The lowest BCUT2D eigenvalue weighted by Crippen LogP contribution is -2.38. The molecule has 48 heavy (non-hydrogen) atoms. The van der Waals surface area contributed by atoms with Crippen LogP contribution in [0.15, 0.2) is 31.6 Å². The van der Waals surface area contributed by atoms with Crippen molar-refractivity contribution in [3.05, 3.63) is 59.6 Å². The first-order chi connectivity index (χ1) is 22.1. The molecule has 4 heterocycles. The fourth-order valence-corrected chi connectivity index (χ4v) is 7.95. The third-order valence-corrected chi connectivity index (χ3v) is 11.0. The standard InChI is InChI=1S/C20H29N4O21P3/c1-7-3-23(19(31)21-15(7)29)17-13(27)11(25)9(42-17)5-40-46(33,34)44-48(37,38)45-47(35,36)41-6-10-12(26)14(28)18(43-10)24-4-8(39-2)16(30)22-20(24)32/h3-4,9-14,17-18,25-28H,5-6H2,1-2H3,(H,33,34)(H,35,36)(H,37,38)(H,21,29,31)(H,22,30,32)/t9-,10+,11+,12-,13?,14?,17-,18+/m1/s1. The Kier molecular flexibility index (Phi) is 11.3. The summed E-state index contributed by atoms with van der Waals surface area (Å²) in [6, 6.07) is 0. The molecule has 2 fully saturated rings. The number of aryl methyl sites for hydroxylation is 1. The summed E-state index contributed by atoms with van der Waals surface area (Å²) in [6.45, 7) is -0.983. The van der Waals surface area contributed by atoms with Crippen LogP contribution in [0.1, 0.15) is 18.0 Å². The molecule has 9 N–H and O–H groups in total. The van der Waals surface area contributed by atoms with Crippen LogP contribution in [0.25, 0.3) is 0 Å². The Bertz CT molecular complexity index is 1890. The fraction of sp³-hybridized carbons (Fsp3) is 0.600. The highest BCUT2D eigenvalue weighted by Gasteiger charge is 2.49. The number of aromatic nitrogens is 4. The normalized spacial score (nSPS) is 31.2. The zero-order chi connectivity index (χ0) is 35.9. The van der Waals surface area contributed by atoms with Crippen LogP contribution in [0, 0.1) is 6.92 Å². The zero-order valence-corrected chi connectivity index (χ0v) is 27.0. The van der Waals surface area contributed by atoms with E-state index < -0.39 is 108 Å². The first kappa shape index (κ1) is 38.1. The molecule has 4 rings (SSSR count). The fourth-order valence-electron chi connectivity index (χ4n) is 4.43. The number of aliphatic hydroxyl groups is 4. The molecule has 25 nitrogen and oxygen atoms in total. The van der Waals surface area contributed by atoms with Crippen LogP contribution in [-0.2, 0) is 40.8 Å². The Balaban J connectivity index is 1.33. The molecule has 5 unspecified atom stereocenters. The molecule has 2 aliphatic heterocycles. The van der Waals surface area contributed by atoms with E-state index in [1.165, 1.54) is 6.92 Å². The second-order valence-electron chi connectivity index (χ2n) is 10.1. The minimum Gasteiger partial charge on any atom is -0.490 e. The van der Waals surface area contributed by atoms with Gasteiger partial charge in [0, 0.05) is 11.8 Å². The van der Waals surface area contributed by atoms with Crippen LogP contribution in [0.4, 0.5) is 0 Å². The highest BCUT2D eigenvalue weighted by atomic mass is 31.3. The second kappa shape index (κ2) is 14.3. The van der Waals surface area contributed by atoms with Crippen molar-refractivity contribution >= 4 is 23.5 Å². The lowest BCUT2D eigenvalue weighted by atomic mass is 10.1. The van der Waals surface area contributed by atoms with E-state index in [0.717, 1.165) is 19.5 Å². The van der Waals surface area contributed by atoms with E-state index in [1.807, 2.05) is 9.97 Å². The van der Waals surface area contributed by atoms with Gasteiger partial charge < -0.3 is 49.3 Å². The van der Waals surface area contributed by atoms with Crippen LogP contribution in [0.3, 0.4) is 0 Å². The van der Waals surface area contributed by atoms with Gasteiger partial charge in [-0.15, -0.1) is 0 Å². The molecule has 270 valence electrons. The van der Waals surface area contributed by atoms with Gasteiger partial charge in [-0.1, -0.05) is 0 Å². The number of nitrogens with one attached hydrogen (secondary N) is 2. The van der Waals surface area contributed by atoms with Gasteiger partial charge in [0.05, 0.1) is 26.5 Å². The number of hydrogen-bond acceptors (Lipinski definition) is 18. The summed E-state index contributed by atoms with van der Waals surface area (Å²) in [4.78, 5) is 81.0. The van der Waals surface area contributed by atoms with Gasteiger partial charge in [0.15, 0.2) is 12.5 Å². The first-order valence-electron chi connectivity index (χ1n) is 13.1. The van der Waals surface area contributed by atoms with Crippen molar-refractivity contribution in [3.63, 3.8) is 0 Å². The smallest absolute Gasteiger partial charge is 0.490 e. The molecule has 0 bridgehead atoms. The summed E-state index contributed by atoms with van der Waals surface area (Å²) in [5.41, 5.74) is -3.79. The van der Waals surface area contributed by atoms with Crippen molar-refractivity contribution in [1.82, 2.24) is 19.1 Å². The molecule has 2 aliphatic rings. The number of rotatable bonds is 13. The van der Waals surface area contributed by atoms with Gasteiger partial charge in [0.1, 0.15) is 36.6 Å². The summed E-state index contributed by atoms with van der Waals surface area (Å²) < 4.78 is 70.4. The molecule has 0 aromatic carbocycles. The van der Waals surface area contributed by atoms with Gasteiger partial charge in [-0.3, -0.25) is 37.7 Å². The molecule has 0 radical (unpaired) electrons. The SMILES string of the molecule is COc1cn([C@H]2O[C@@H](COP(=O)(O)OP(=O)(O)OP(=O)(O)OC[C@H]3O[C@@H](n4cc(C)c(=O)[nH]c4=O)C(O)[C@H]3O)[C@@H](O)C2O)c(=O)[nH]c1=O. The van der Waals surface area contributed by atoms with Crippen molar-refractivity contribution < 1.29 is 80.7 Å². The number of nitrogens with zero attached hydrogens (tertiary/aromatic N) is 2. The zero-order valence-electron chi connectivity index (χ0n) is 24.3. The monoisotopic (exact) mass is 754 g/mol. The predicted molar refractivity (Wildman–Crippen MR) is 149 cm³/mol. The largest absolute Gasteiger partial charge is 0.490 e. The Morgan fingerprint density at radius 2 is 1.12 bits per heavy atom. The van der Waals surface area contributed by atoms with E-state index in [9.17, 15) is 68.0 Å². The Morgan fingerprint density at radius 3 is 1.56 bits per heavy atom. The van der Waals surface area contributed by atoms with Gasteiger partial charge in [-0.2, -0.15) is 8.62 Å². The van der Waals surface area contributed by atoms with Crippen LogP contribution in [0.2, 0.25) is 0 Å². The molecular formula is C20H29N4O21P3. The van der Waals surface area contributed by atoms with Gasteiger partial charge in [0.25, 0.3) is 11.1 Å². The van der Waals surface area contributed by atoms with Crippen molar-refractivity contribution in [2.45, 2.75) is 56.0 Å². The lowest BCUT2D eigenvalue weighted by molar-refractivity contribution is -0.0550. The summed E-state index contributed by atoms with van der Waals surface area (Å²) in [6.07, 6.45) is -12.4. The van der Waals surface area contributed by atoms with Crippen LogP contribution >= 0.6 is 23.5 Å². The minimum atomic E-state index is -6.02. The van der Waals surface area contributed by atoms with E-state index in [1.54, 1.807) is 0 Å². The first-order valence-corrected chi connectivity index (χ1v) is 17.6. The second-order valence-corrected chi connectivity index (χ2v) is 14.7. The number of hydrogen-bond donors (Lipinski definition) is 9.